The van der Waals surface area contributed by atoms with Gasteiger partial charge in [0.15, 0.2) is 0 Å². The molecule has 2 rings (SSSR count). The van der Waals surface area contributed by atoms with Crippen LogP contribution < -0.4 is 0 Å². The fourth-order valence-electron chi connectivity index (χ4n) is 1.70. The Bertz CT molecular complexity index is 569. The quantitative estimate of drug-likeness (QED) is 0.817. The number of hydrogen-bond donors (Lipinski definition) is 0. The summed E-state index contributed by atoms with van der Waals surface area (Å²) in [5.74, 6) is 0.182. The average Bonchev–Trinajstić information content (AvgIpc) is 2.32. The third-order valence-corrected chi connectivity index (χ3v) is 3.72. The molecule has 0 spiro atoms. The lowest BCUT2D eigenvalue weighted by molar-refractivity contribution is -0.117. The van der Waals surface area contributed by atoms with Gasteiger partial charge in [0.1, 0.15) is 5.78 Å². The zero-order chi connectivity index (χ0) is 13.0. The van der Waals surface area contributed by atoms with E-state index in [4.69, 9.17) is 0 Å². The van der Waals surface area contributed by atoms with Crippen molar-refractivity contribution in [1.82, 2.24) is 4.98 Å². The first-order valence-electron chi connectivity index (χ1n) is 5.49. The normalized spacial score (nSPS) is 10.3. The van der Waals surface area contributed by atoms with Crippen LogP contribution in [0.4, 0.5) is 0 Å². The van der Waals surface area contributed by atoms with Crippen LogP contribution in [0.2, 0.25) is 0 Å². The minimum atomic E-state index is 0.182. The number of rotatable bonds is 4. The first kappa shape index (κ1) is 13.4. The molecule has 0 N–H and O–H groups in total. The van der Waals surface area contributed by atoms with Crippen LogP contribution in [-0.4, -0.2) is 10.8 Å². The zero-order valence-corrected chi connectivity index (χ0v) is 12.7. The molecule has 2 aromatic rings. The highest BCUT2D eigenvalue weighted by Crippen LogP contribution is 2.17. The third kappa shape index (κ3) is 3.75. The Morgan fingerprint density at radius 1 is 1.11 bits per heavy atom. The summed E-state index contributed by atoms with van der Waals surface area (Å²) < 4.78 is 1.87. The van der Waals surface area contributed by atoms with Gasteiger partial charge in [-0.1, -0.05) is 34.1 Å². The van der Waals surface area contributed by atoms with Crippen molar-refractivity contribution in [2.75, 3.05) is 0 Å². The summed E-state index contributed by atoms with van der Waals surface area (Å²) in [7, 11) is 0. The van der Waals surface area contributed by atoms with Gasteiger partial charge in [0.05, 0.1) is 0 Å². The zero-order valence-electron chi connectivity index (χ0n) is 9.57. The maximum Gasteiger partial charge on any atom is 0.141 e. The lowest BCUT2D eigenvalue weighted by Crippen LogP contribution is -2.07. The molecular weight excluding hydrogens is 358 g/mol. The van der Waals surface area contributed by atoms with Crippen molar-refractivity contribution in [2.45, 2.75) is 12.8 Å². The van der Waals surface area contributed by atoms with E-state index in [1.807, 2.05) is 30.3 Å². The van der Waals surface area contributed by atoms with Gasteiger partial charge in [0.25, 0.3) is 0 Å². The van der Waals surface area contributed by atoms with Crippen molar-refractivity contribution in [1.29, 1.82) is 0 Å². The Kier molecular flexibility index (Phi) is 4.66. The van der Waals surface area contributed by atoms with Gasteiger partial charge in [0.2, 0.25) is 0 Å². The van der Waals surface area contributed by atoms with E-state index >= 15 is 0 Å². The molecule has 0 amide bonds. The molecule has 0 fully saturated rings. The Labute approximate surface area is 123 Å². The number of pyridine rings is 1. The molecule has 1 heterocycles. The number of Topliss-reactive ketones (excluding diaryl/α,β-unsaturated/α-hetero) is 1. The molecule has 18 heavy (non-hydrogen) atoms. The number of benzene rings is 1. The molecule has 0 saturated heterocycles. The summed E-state index contributed by atoms with van der Waals surface area (Å²) >= 11 is 6.80. The van der Waals surface area contributed by atoms with Crippen molar-refractivity contribution in [2.24, 2.45) is 0 Å². The Morgan fingerprint density at radius 3 is 2.61 bits per heavy atom. The van der Waals surface area contributed by atoms with Crippen LogP contribution in [0.1, 0.15) is 11.1 Å². The van der Waals surface area contributed by atoms with Gasteiger partial charge in [-0.25, -0.2) is 0 Å². The van der Waals surface area contributed by atoms with Crippen LogP contribution in [0.15, 0.2) is 51.7 Å². The van der Waals surface area contributed by atoms with E-state index in [2.05, 4.69) is 36.8 Å². The number of ketones is 1. The Morgan fingerprint density at radius 2 is 1.89 bits per heavy atom. The van der Waals surface area contributed by atoms with Crippen molar-refractivity contribution >= 4 is 37.6 Å². The highest BCUT2D eigenvalue weighted by molar-refractivity contribution is 9.10. The van der Waals surface area contributed by atoms with E-state index in [-0.39, 0.29) is 5.78 Å². The van der Waals surface area contributed by atoms with E-state index in [0.29, 0.717) is 12.8 Å². The van der Waals surface area contributed by atoms with Crippen LogP contribution in [0.25, 0.3) is 0 Å². The third-order valence-electron chi connectivity index (χ3n) is 2.51. The molecule has 2 nitrogen and oxygen atoms in total. The number of carbonyl (C=O) groups excluding carboxylic acids is 1. The molecule has 0 radical (unpaired) electrons. The maximum atomic E-state index is 12.0. The molecule has 0 aliphatic carbocycles. The summed E-state index contributed by atoms with van der Waals surface area (Å²) in [6.45, 7) is 0. The molecular formula is C14H11Br2NO. The van der Waals surface area contributed by atoms with Gasteiger partial charge in [-0.3, -0.25) is 9.78 Å². The second-order valence-electron chi connectivity index (χ2n) is 4.00. The predicted molar refractivity (Wildman–Crippen MR) is 78.5 cm³/mol. The van der Waals surface area contributed by atoms with Crippen molar-refractivity contribution in [3.8, 4) is 0 Å². The SMILES string of the molecule is O=C(Cc1cncc(Br)c1)Cc1ccccc1Br. The number of nitrogens with zero attached hydrogens (tertiary/aromatic N) is 1. The van der Waals surface area contributed by atoms with Gasteiger partial charge in [-0.2, -0.15) is 0 Å². The Hall–Kier alpha value is -1.00. The average molecular weight is 369 g/mol. The molecule has 0 unspecified atom stereocenters. The highest BCUT2D eigenvalue weighted by Gasteiger charge is 2.08. The molecule has 0 atom stereocenters. The molecule has 0 aliphatic heterocycles. The number of halogens is 2. The second-order valence-corrected chi connectivity index (χ2v) is 5.77. The van der Waals surface area contributed by atoms with Crippen LogP contribution >= 0.6 is 31.9 Å². The van der Waals surface area contributed by atoms with Crippen molar-refractivity contribution in [3.05, 3.63) is 62.8 Å². The molecule has 4 heteroatoms. The van der Waals surface area contributed by atoms with E-state index < -0.39 is 0 Å². The summed E-state index contributed by atoms with van der Waals surface area (Å²) in [4.78, 5) is 16.0. The first-order valence-corrected chi connectivity index (χ1v) is 7.08. The fraction of sp³-hybridized carbons (Fsp3) is 0.143. The second kappa shape index (κ2) is 6.25. The van der Waals surface area contributed by atoms with E-state index in [1.165, 1.54) is 0 Å². The Balaban J connectivity index is 2.03. The minimum absolute atomic E-state index is 0.182. The van der Waals surface area contributed by atoms with Gasteiger partial charge in [-0.05, 0) is 39.2 Å². The number of hydrogen-bond acceptors (Lipinski definition) is 2. The highest BCUT2D eigenvalue weighted by atomic mass is 79.9. The number of carbonyl (C=O) groups is 1. The summed E-state index contributed by atoms with van der Waals surface area (Å²) in [6, 6.07) is 9.71. The molecule has 0 aliphatic rings. The summed E-state index contributed by atoms with van der Waals surface area (Å²) in [5, 5.41) is 0. The molecule has 1 aromatic heterocycles. The lowest BCUT2D eigenvalue weighted by atomic mass is 10.0. The van der Waals surface area contributed by atoms with Crippen LogP contribution in [0.5, 0.6) is 0 Å². The van der Waals surface area contributed by atoms with Crippen LogP contribution in [0.3, 0.4) is 0 Å². The predicted octanol–water partition coefficient (Wildman–Crippen LogP) is 3.96. The van der Waals surface area contributed by atoms with Crippen LogP contribution in [0, 0.1) is 0 Å². The minimum Gasteiger partial charge on any atom is -0.299 e. The smallest absolute Gasteiger partial charge is 0.141 e. The van der Waals surface area contributed by atoms with Gasteiger partial charge in [-0.15, -0.1) is 0 Å². The van der Waals surface area contributed by atoms with E-state index in [9.17, 15) is 4.79 Å². The topological polar surface area (TPSA) is 30.0 Å². The fourth-order valence-corrected chi connectivity index (χ4v) is 2.53. The maximum absolute atomic E-state index is 12.0. The first-order chi connectivity index (χ1) is 8.65. The van der Waals surface area contributed by atoms with Gasteiger partial charge >= 0.3 is 0 Å². The van der Waals surface area contributed by atoms with E-state index in [0.717, 1.165) is 20.1 Å². The largest absolute Gasteiger partial charge is 0.299 e. The summed E-state index contributed by atoms with van der Waals surface area (Å²) in [6.07, 6.45) is 4.28. The van der Waals surface area contributed by atoms with Crippen molar-refractivity contribution < 1.29 is 4.79 Å². The number of aromatic nitrogens is 1. The van der Waals surface area contributed by atoms with Gasteiger partial charge in [0, 0.05) is 34.2 Å². The molecule has 92 valence electrons. The van der Waals surface area contributed by atoms with Crippen LogP contribution in [-0.2, 0) is 17.6 Å². The molecule has 1 aromatic carbocycles. The summed E-state index contributed by atoms with van der Waals surface area (Å²) in [5.41, 5.74) is 1.95. The van der Waals surface area contributed by atoms with Gasteiger partial charge < -0.3 is 0 Å². The lowest BCUT2D eigenvalue weighted by Gasteiger charge is -2.04. The van der Waals surface area contributed by atoms with Crippen molar-refractivity contribution in [3.63, 3.8) is 0 Å². The molecule has 0 bridgehead atoms. The monoisotopic (exact) mass is 367 g/mol. The molecule has 0 saturated carbocycles. The van der Waals surface area contributed by atoms with E-state index in [1.54, 1.807) is 12.4 Å². The standard InChI is InChI=1S/C14H11Br2NO/c15-12-5-10(8-17-9-12)6-13(18)7-11-3-1-2-4-14(11)16/h1-5,8-9H,6-7H2.